The van der Waals surface area contributed by atoms with Gasteiger partial charge < -0.3 is 10.1 Å². The van der Waals surface area contributed by atoms with Gasteiger partial charge in [-0.25, -0.2) is 0 Å². The number of nitrogens with one attached hydrogen (secondary N) is 1. The van der Waals surface area contributed by atoms with Gasteiger partial charge in [0, 0.05) is 24.4 Å². The second-order valence-electron chi connectivity index (χ2n) is 4.38. The van der Waals surface area contributed by atoms with Crippen molar-refractivity contribution in [2.75, 3.05) is 12.4 Å². The van der Waals surface area contributed by atoms with E-state index < -0.39 is 0 Å². The second kappa shape index (κ2) is 6.06. The van der Waals surface area contributed by atoms with Crippen LogP contribution in [0.5, 0.6) is 5.75 Å². The fourth-order valence-corrected chi connectivity index (χ4v) is 1.90. The Kier molecular flexibility index (Phi) is 4.20. The molecular weight excluding hydrogens is 256 g/mol. The van der Waals surface area contributed by atoms with E-state index in [2.05, 4.69) is 5.32 Å². The van der Waals surface area contributed by atoms with Gasteiger partial charge in [0.25, 0.3) is 5.69 Å². The van der Waals surface area contributed by atoms with Crippen LogP contribution >= 0.6 is 0 Å². The van der Waals surface area contributed by atoms with Crippen molar-refractivity contribution < 1.29 is 9.66 Å². The molecule has 20 heavy (non-hydrogen) atoms. The summed E-state index contributed by atoms with van der Waals surface area (Å²) in [6.45, 7) is 2.05. The maximum Gasteiger partial charge on any atom is 0.272 e. The lowest BCUT2D eigenvalue weighted by atomic mass is 10.1. The summed E-state index contributed by atoms with van der Waals surface area (Å²) in [5.41, 5.74) is 2.58. The standard InChI is InChI=1S/C15H16N2O3/c1-11-12(4-3-5-15(11)17(18)19)10-20-14-8-6-13(16-2)7-9-14/h3-9,16H,10H2,1-2H3. The first-order valence-electron chi connectivity index (χ1n) is 6.25. The first-order valence-corrected chi connectivity index (χ1v) is 6.25. The summed E-state index contributed by atoms with van der Waals surface area (Å²) in [6, 6.07) is 12.6. The smallest absolute Gasteiger partial charge is 0.272 e. The number of benzene rings is 2. The van der Waals surface area contributed by atoms with Crippen molar-refractivity contribution in [3.05, 3.63) is 63.7 Å². The maximum atomic E-state index is 10.9. The molecule has 104 valence electrons. The lowest BCUT2D eigenvalue weighted by Crippen LogP contribution is -2.01. The van der Waals surface area contributed by atoms with E-state index in [4.69, 9.17) is 4.74 Å². The van der Waals surface area contributed by atoms with Gasteiger partial charge in [0.15, 0.2) is 0 Å². The van der Waals surface area contributed by atoms with Crippen LogP contribution in [0.3, 0.4) is 0 Å². The molecule has 2 aromatic carbocycles. The summed E-state index contributed by atoms with van der Waals surface area (Å²) in [7, 11) is 1.85. The van der Waals surface area contributed by atoms with Gasteiger partial charge in [-0.2, -0.15) is 0 Å². The Hall–Kier alpha value is -2.56. The van der Waals surface area contributed by atoms with E-state index in [0.29, 0.717) is 12.2 Å². The van der Waals surface area contributed by atoms with Crippen LogP contribution in [0.2, 0.25) is 0 Å². The molecule has 0 aromatic heterocycles. The minimum Gasteiger partial charge on any atom is -0.489 e. The van der Waals surface area contributed by atoms with Gasteiger partial charge in [0.1, 0.15) is 12.4 Å². The first-order chi connectivity index (χ1) is 9.61. The van der Waals surface area contributed by atoms with Crippen LogP contribution < -0.4 is 10.1 Å². The quantitative estimate of drug-likeness (QED) is 0.668. The molecule has 0 saturated heterocycles. The normalized spacial score (nSPS) is 10.1. The number of ether oxygens (including phenoxy) is 1. The highest BCUT2D eigenvalue weighted by atomic mass is 16.6. The molecule has 0 bridgehead atoms. The van der Waals surface area contributed by atoms with Crippen LogP contribution in [0.15, 0.2) is 42.5 Å². The first kappa shape index (κ1) is 13.9. The Morgan fingerprint density at radius 3 is 2.50 bits per heavy atom. The zero-order chi connectivity index (χ0) is 14.5. The number of anilines is 1. The number of nitro groups is 1. The number of hydrogen-bond donors (Lipinski definition) is 1. The molecule has 0 spiro atoms. The van der Waals surface area contributed by atoms with Gasteiger partial charge in [-0.15, -0.1) is 0 Å². The van der Waals surface area contributed by atoms with Gasteiger partial charge in [-0.3, -0.25) is 10.1 Å². The van der Waals surface area contributed by atoms with Crippen molar-refractivity contribution in [3.63, 3.8) is 0 Å². The third-order valence-electron chi connectivity index (χ3n) is 3.15. The SMILES string of the molecule is CNc1ccc(OCc2cccc([N+](=O)[O-])c2C)cc1. The summed E-state index contributed by atoms with van der Waals surface area (Å²) in [5, 5.41) is 13.9. The minimum absolute atomic E-state index is 0.122. The summed E-state index contributed by atoms with van der Waals surface area (Å²) in [5.74, 6) is 0.731. The predicted molar refractivity (Wildman–Crippen MR) is 78.2 cm³/mol. The molecule has 0 radical (unpaired) electrons. The number of nitrogens with zero attached hydrogens (tertiary/aromatic N) is 1. The van der Waals surface area contributed by atoms with E-state index in [1.54, 1.807) is 13.0 Å². The lowest BCUT2D eigenvalue weighted by molar-refractivity contribution is -0.385. The minimum atomic E-state index is -0.374. The van der Waals surface area contributed by atoms with Gasteiger partial charge >= 0.3 is 0 Å². The highest BCUT2D eigenvalue weighted by Crippen LogP contribution is 2.23. The van der Waals surface area contributed by atoms with Crippen molar-refractivity contribution in [2.24, 2.45) is 0 Å². The Labute approximate surface area is 117 Å². The van der Waals surface area contributed by atoms with Crippen LogP contribution in [0.25, 0.3) is 0 Å². The zero-order valence-electron chi connectivity index (χ0n) is 11.4. The van der Waals surface area contributed by atoms with Crippen molar-refractivity contribution in [1.82, 2.24) is 0 Å². The lowest BCUT2D eigenvalue weighted by Gasteiger charge is -2.09. The van der Waals surface area contributed by atoms with Gasteiger partial charge in [-0.1, -0.05) is 12.1 Å². The molecule has 0 atom stereocenters. The highest BCUT2D eigenvalue weighted by Gasteiger charge is 2.13. The second-order valence-corrected chi connectivity index (χ2v) is 4.38. The van der Waals surface area contributed by atoms with Crippen molar-refractivity contribution >= 4 is 11.4 Å². The molecule has 0 amide bonds. The molecule has 1 N–H and O–H groups in total. The Morgan fingerprint density at radius 1 is 1.20 bits per heavy atom. The van der Waals surface area contributed by atoms with Crippen molar-refractivity contribution in [3.8, 4) is 5.75 Å². The fraction of sp³-hybridized carbons (Fsp3) is 0.200. The van der Waals surface area contributed by atoms with E-state index >= 15 is 0 Å². The average molecular weight is 272 g/mol. The summed E-state index contributed by atoms with van der Waals surface area (Å²) in [4.78, 5) is 10.5. The molecule has 0 saturated carbocycles. The Morgan fingerprint density at radius 2 is 1.90 bits per heavy atom. The maximum absolute atomic E-state index is 10.9. The van der Waals surface area contributed by atoms with E-state index in [0.717, 1.165) is 17.0 Å². The number of hydrogen-bond acceptors (Lipinski definition) is 4. The largest absolute Gasteiger partial charge is 0.489 e. The Balaban J connectivity index is 2.10. The molecule has 0 aliphatic heterocycles. The molecule has 5 nitrogen and oxygen atoms in total. The number of rotatable bonds is 5. The van der Waals surface area contributed by atoms with E-state index in [-0.39, 0.29) is 10.6 Å². The molecule has 2 rings (SSSR count). The molecule has 2 aromatic rings. The van der Waals surface area contributed by atoms with Crippen LogP contribution in [-0.4, -0.2) is 12.0 Å². The zero-order valence-corrected chi connectivity index (χ0v) is 11.4. The van der Waals surface area contributed by atoms with Gasteiger partial charge in [0.05, 0.1) is 4.92 Å². The fourth-order valence-electron chi connectivity index (χ4n) is 1.90. The molecule has 0 fully saturated rings. The topological polar surface area (TPSA) is 64.4 Å². The molecule has 0 heterocycles. The molecule has 0 aliphatic carbocycles. The predicted octanol–water partition coefficient (Wildman–Crippen LogP) is 3.52. The molecule has 0 unspecified atom stereocenters. The van der Waals surface area contributed by atoms with E-state index in [1.165, 1.54) is 6.07 Å². The molecule has 0 aliphatic rings. The van der Waals surface area contributed by atoms with Crippen LogP contribution in [0.1, 0.15) is 11.1 Å². The van der Waals surface area contributed by atoms with Crippen LogP contribution in [0.4, 0.5) is 11.4 Å². The van der Waals surface area contributed by atoms with E-state index in [9.17, 15) is 10.1 Å². The van der Waals surface area contributed by atoms with E-state index in [1.807, 2.05) is 37.4 Å². The third-order valence-corrected chi connectivity index (χ3v) is 3.15. The van der Waals surface area contributed by atoms with Crippen molar-refractivity contribution in [1.29, 1.82) is 0 Å². The van der Waals surface area contributed by atoms with Crippen LogP contribution in [-0.2, 0) is 6.61 Å². The summed E-state index contributed by atoms with van der Waals surface area (Å²) < 4.78 is 5.66. The van der Waals surface area contributed by atoms with Crippen molar-refractivity contribution in [2.45, 2.75) is 13.5 Å². The van der Waals surface area contributed by atoms with Gasteiger partial charge in [0.2, 0.25) is 0 Å². The average Bonchev–Trinajstić information content (AvgIpc) is 2.46. The Bertz CT molecular complexity index is 609. The molecule has 5 heteroatoms. The summed E-state index contributed by atoms with van der Waals surface area (Å²) >= 11 is 0. The number of nitro benzene ring substituents is 1. The monoisotopic (exact) mass is 272 g/mol. The molecular formula is C15H16N2O3. The highest BCUT2D eigenvalue weighted by molar-refractivity contribution is 5.46. The summed E-state index contributed by atoms with van der Waals surface area (Å²) in [6.07, 6.45) is 0. The van der Waals surface area contributed by atoms with Crippen LogP contribution in [0, 0.1) is 17.0 Å². The van der Waals surface area contributed by atoms with Gasteiger partial charge in [-0.05, 0) is 36.8 Å². The third kappa shape index (κ3) is 3.06.